The number of carbonyl (C=O) groups excluding carboxylic acids is 1. The Morgan fingerprint density at radius 2 is 1.48 bits per heavy atom. The molecule has 0 aliphatic carbocycles. The molecule has 150 valence electrons. The van der Waals surface area contributed by atoms with E-state index in [-0.39, 0.29) is 5.82 Å². The number of halogens is 1. The Morgan fingerprint density at radius 1 is 0.839 bits per heavy atom. The quantitative estimate of drug-likeness (QED) is 0.454. The summed E-state index contributed by atoms with van der Waals surface area (Å²) >= 11 is 0. The smallest absolute Gasteiger partial charge is 0.248 e. The van der Waals surface area contributed by atoms with E-state index in [1.54, 1.807) is 48.5 Å². The minimum atomic E-state index is -0.484. The molecule has 7 heteroatoms. The molecular formula is C24H16FN5O. The summed E-state index contributed by atoms with van der Waals surface area (Å²) in [6, 6.07) is 22.9. The Hall–Kier alpha value is -4.39. The number of nitrogens with one attached hydrogen (secondary N) is 1. The standard InChI is InChI=1S/C24H16FN5O/c25-19-8-4-3-7-18(19)20-13-21(28-27-20)23-17-6-2-1-5-16(17)22(29-30-23)14-9-11-15(12-10-14)24(26)31/h1-13H,(H2,26,31)(H,27,28). The van der Waals surface area contributed by atoms with E-state index in [1.165, 1.54) is 6.07 Å². The molecule has 0 aliphatic heterocycles. The molecule has 0 saturated carbocycles. The maximum Gasteiger partial charge on any atom is 0.248 e. The Bertz CT molecular complexity index is 1430. The molecule has 2 aromatic heterocycles. The van der Waals surface area contributed by atoms with Gasteiger partial charge in [-0.1, -0.05) is 48.5 Å². The van der Waals surface area contributed by atoms with Crippen LogP contribution in [0.15, 0.2) is 78.9 Å². The SMILES string of the molecule is NC(=O)c1ccc(-c2nnc(-c3cc(-c4ccccc4F)n[nH]3)c3ccccc23)cc1. The molecule has 0 bridgehead atoms. The zero-order valence-electron chi connectivity index (χ0n) is 16.2. The van der Waals surface area contributed by atoms with Crippen molar-refractivity contribution in [2.24, 2.45) is 5.73 Å². The van der Waals surface area contributed by atoms with Gasteiger partial charge in [-0.25, -0.2) is 4.39 Å². The number of benzene rings is 3. The van der Waals surface area contributed by atoms with Crippen LogP contribution in [0.4, 0.5) is 4.39 Å². The maximum atomic E-state index is 14.1. The van der Waals surface area contributed by atoms with Gasteiger partial charge in [0.25, 0.3) is 0 Å². The molecule has 0 spiro atoms. The number of carbonyl (C=O) groups is 1. The summed E-state index contributed by atoms with van der Waals surface area (Å²) in [4.78, 5) is 11.3. The van der Waals surface area contributed by atoms with Gasteiger partial charge in [0, 0.05) is 27.5 Å². The normalized spacial score (nSPS) is 11.0. The van der Waals surface area contributed by atoms with Crippen molar-refractivity contribution in [2.75, 3.05) is 0 Å². The number of rotatable bonds is 4. The van der Waals surface area contributed by atoms with Crippen LogP contribution in [0.25, 0.3) is 44.7 Å². The second-order valence-corrected chi connectivity index (χ2v) is 7.03. The first-order valence-corrected chi connectivity index (χ1v) is 9.58. The van der Waals surface area contributed by atoms with Crippen LogP contribution in [0, 0.1) is 5.82 Å². The fraction of sp³-hybridized carbons (Fsp3) is 0. The van der Waals surface area contributed by atoms with Gasteiger partial charge in [0.1, 0.15) is 17.2 Å². The van der Waals surface area contributed by atoms with E-state index < -0.39 is 5.91 Å². The average Bonchev–Trinajstić information content (AvgIpc) is 3.28. The van der Waals surface area contributed by atoms with Gasteiger partial charge in [-0.3, -0.25) is 9.89 Å². The third-order valence-corrected chi connectivity index (χ3v) is 5.11. The van der Waals surface area contributed by atoms with Gasteiger partial charge in [-0.05, 0) is 30.3 Å². The summed E-state index contributed by atoms with van der Waals surface area (Å²) in [5.41, 5.74) is 9.41. The zero-order chi connectivity index (χ0) is 21.4. The molecule has 2 heterocycles. The highest BCUT2D eigenvalue weighted by Crippen LogP contribution is 2.33. The van der Waals surface area contributed by atoms with E-state index >= 15 is 0 Å². The Kier molecular flexibility index (Phi) is 4.48. The van der Waals surface area contributed by atoms with Crippen molar-refractivity contribution in [1.29, 1.82) is 0 Å². The largest absolute Gasteiger partial charge is 0.366 e. The number of amides is 1. The Balaban J connectivity index is 1.62. The molecule has 0 unspecified atom stereocenters. The van der Waals surface area contributed by atoms with Gasteiger partial charge >= 0.3 is 0 Å². The molecule has 0 saturated heterocycles. The molecule has 0 radical (unpaired) electrons. The minimum Gasteiger partial charge on any atom is -0.366 e. The van der Waals surface area contributed by atoms with Gasteiger partial charge in [-0.2, -0.15) is 5.10 Å². The Morgan fingerprint density at radius 3 is 2.19 bits per heavy atom. The van der Waals surface area contributed by atoms with Gasteiger partial charge < -0.3 is 5.73 Å². The average molecular weight is 409 g/mol. The molecule has 0 aliphatic rings. The lowest BCUT2D eigenvalue weighted by Gasteiger charge is -2.09. The van der Waals surface area contributed by atoms with Crippen molar-refractivity contribution in [1.82, 2.24) is 20.4 Å². The number of H-pyrrole nitrogens is 1. The number of hydrogen-bond acceptors (Lipinski definition) is 4. The highest BCUT2D eigenvalue weighted by atomic mass is 19.1. The fourth-order valence-electron chi connectivity index (χ4n) is 3.56. The van der Waals surface area contributed by atoms with Gasteiger partial charge in [0.15, 0.2) is 0 Å². The maximum absolute atomic E-state index is 14.1. The lowest BCUT2D eigenvalue weighted by molar-refractivity contribution is 0.100. The van der Waals surface area contributed by atoms with Crippen LogP contribution < -0.4 is 5.73 Å². The lowest BCUT2D eigenvalue weighted by Crippen LogP contribution is -2.10. The third kappa shape index (κ3) is 3.32. The zero-order valence-corrected chi connectivity index (χ0v) is 16.2. The number of primary amides is 1. The number of nitrogens with two attached hydrogens (primary N) is 1. The molecule has 3 N–H and O–H groups in total. The summed E-state index contributed by atoms with van der Waals surface area (Å²) in [5, 5.41) is 17.8. The van der Waals surface area contributed by atoms with E-state index in [2.05, 4.69) is 20.4 Å². The molecule has 1 amide bonds. The lowest BCUT2D eigenvalue weighted by atomic mass is 10.0. The third-order valence-electron chi connectivity index (χ3n) is 5.11. The van der Waals surface area contributed by atoms with E-state index in [0.717, 1.165) is 16.3 Å². The molecule has 5 aromatic rings. The topological polar surface area (TPSA) is 97.6 Å². The van der Waals surface area contributed by atoms with Gasteiger partial charge in [0.05, 0.1) is 11.4 Å². The summed E-state index contributed by atoms with van der Waals surface area (Å²) in [6.45, 7) is 0. The van der Waals surface area contributed by atoms with Crippen molar-refractivity contribution in [3.63, 3.8) is 0 Å². The van der Waals surface area contributed by atoms with Crippen LogP contribution >= 0.6 is 0 Å². The predicted molar refractivity (Wildman–Crippen MR) is 116 cm³/mol. The highest BCUT2D eigenvalue weighted by Gasteiger charge is 2.16. The highest BCUT2D eigenvalue weighted by molar-refractivity contribution is 6.01. The van der Waals surface area contributed by atoms with Crippen LogP contribution in [-0.4, -0.2) is 26.3 Å². The molecular weight excluding hydrogens is 393 g/mol. The Labute approximate surface area is 176 Å². The van der Waals surface area contributed by atoms with Crippen molar-refractivity contribution >= 4 is 16.7 Å². The molecule has 0 atom stereocenters. The summed E-state index contributed by atoms with van der Waals surface area (Å²) < 4.78 is 14.1. The first-order chi connectivity index (χ1) is 15.1. The molecule has 0 fully saturated rings. The number of aromatic amines is 1. The monoisotopic (exact) mass is 409 g/mol. The van der Waals surface area contributed by atoms with Crippen molar-refractivity contribution < 1.29 is 9.18 Å². The molecule has 31 heavy (non-hydrogen) atoms. The van der Waals surface area contributed by atoms with Crippen molar-refractivity contribution in [3.8, 4) is 33.9 Å². The minimum absolute atomic E-state index is 0.341. The summed E-state index contributed by atoms with van der Waals surface area (Å²) in [6.07, 6.45) is 0. The van der Waals surface area contributed by atoms with Gasteiger partial charge in [-0.15, -0.1) is 10.2 Å². The van der Waals surface area contributed by atoms with Crippen LogP contribution in [0.2, 0.25) is 0 Å². The molecule has 3 aromatic carbocycles. The number of aromatic nitrogens is 4. The van der Waals surface area contributed by atoms with Crippen LogP contribution in [0.1, 0.15) is 10.4 Å². The second-order valence-electron chi connectivity index (χ2n) is 7.03. The fourth-order valence-corrected chi connectivity index (χ4v) is 3.56. The molecule has 6 nitrogen and oxygen atoms in total. The number of hydrogen-bond donors (Lipinski definition) is 2. The van der Waals surface area contributed by atoms with Crippen LogP contribution in [0.3, 0.4) is 0 Å². The van der Waals surface area contributed by atoms with Crippen molar-refractivity contribution in [3.05, 3.63) is 90.2 Å². The van der Waals surface area contributed by atoms with E-state index in [1.807, 2.05) is 24.3 Å². The van der Waals surface area contributed by atoms with E-state index in [9.17, 15) is 9.18 Å². The van der Waals surface area contributed by atoms with Crippen LogP contribution in [0.5, 0.6) is 0 Å². The van der Waals surface area contributed by atoms with Crippen LogP contribution in [-0.2, 0) is 0 Å². The molecule has 5 rings (SSSR count). The van der Waals surface area contributed by atoms with E-state index in [0.29, 0.717) is 33.9 Å². The summed E-state index contributed by atoms with van der Waals surface area (Å²) in [7, 11) is 0. The van der Waals surface area contributed by atoms with Crippen molar-refractivity contribution in [2.45, 2.75) is 0 Å². The first kappa shape index (κ1) is 18.6. The predicted octanol–water partition coefficient (Wildman–Crippen LogP) is 4.59. The first-order valence-electron chi connectivity index (χ1n) is 9.58. The number of nitrogens with zero attached hydrogens (tertiary/aromatic N) is 3. The second kappa shape index (κ2) is 7.46. The van der Waals surface area contributed by atoms with Gasteiger partial charge in [0.2, 0.25) is 5.91 Å². The summed E-state index contributed by atoms with van der Waals surface area (Å²) in [5.74, 6) is -0.825. The number of fused-ring (bicyclic) bond motifs is 1. The van der Waals surface area contributed by atoms with E-state index in [4.69, 9.17) is 5.73 Å².